The van der Waals surface area contributed by atoms with E-state index in [0.717, 1.165) is 6.42 Å². The summed E-state index contributed by atoms with van der Waals surface area (Å²) in [5, 5.41) is 0. The lowest BCUT2D eigenvalue weighted by Gasteiger charge is -2.02. The first-order chi connectivity index (χ1) is 6.79. The Balaban J connectivity index is 2.08. The van der Waals surface area contributed by atoms with Gasteiger partial charge < -0.3 is 10.5 Å². The molecule has 0 fully saturated rings. The van der Waals surface area contributed by atoms with Gasteiger partial charge in [0.1, 0.15) is 0 Å². The van der Waals surface area contributed by atoms with Crippen LogP contribution in [0.1, 0.15) is 12.0 Å². The van der Waals surface area contributed by atoms with Crippen molar-refractivity contribution in [3.63, 3.8) is 0 Å². The molecule has 0 bridgehead atoms. The molecule has 2 N–H and O–H groups in total. The first-order valence-corrected chi connectivity index (χ1v) is 4.69. The fraction of sp³-hybridized carbons (Fsp3) is 0.364. The summed E-state index contributed by atoms with van der Waals surface area (Å²) in [7, 11) is 0. The van der Waals surface area contributed by atoms with Crippen molar-refractivity contribution in [1.82, 2.24) is 0 Å². The highest BCUT2D eigenvalue weighted by Gasteiger charge is 1.95. The van der Waals surface area contributed by atoms with Gasteiger partial charge in [0.25, 0.3) is 0 Å². The Morgan fingerprint density at radius 1 is 1.21 bits per heavy atom. The van der Waals surface area contributed by atoms with Gasteiger partial charge in [0, 0.05) is 6.42 Å². The molecule has 0 aliphatic heterocycles. The number of amides is 1. The maximum Gasteiger partial charge on any atom is 0.219 e. The van der Waals surface area contributed by atoms with E-state index < -0.39 is 0 Å². The monoisotopic (exact) mass is 193 g/mol. The zero-order valence-electron chi connectivity index (χ0n) is 8.11. The zero-order chi connectivity index (χ0) is 10.2. The maximum atomic E-state index is 10.4. The predicted molar refractivity (Wildman–Crippen MR) is 54.8 cm³/mol. The third kappa shape index (κ3) is 4.62. The van der Waals surface area contributed by atoms with Gasteiger partial charge in [-0.2, -0.15) is 0 Å². The van der Waals surface area contributed by atoms with Gasteiger partial charge in [0.2, 0.25) is 5.91 Å². The summed E-state index contributed by atoms with van der Waals surface area (Å²) >= 11 is 0. The topological polar surface area (TPSA) is 52.3 Å². The van der Waals surface area contributed by atoms with Crippen LogP contribution >= 0.6 is 0 Å². The molecule has 76 valence electrons. The maximum absolute atomic E-state index is 10.4. The first-order valence-electron chi connectivity index (χ1n) is 4.69. The number of carbonyl (C=O) groups excluding carboxylic acids is 1. The molecule has 1 aromatic rings. The van der Waals surface area contributed by atoms with Crippen molar-refractivity contribution in [1.29, 1.82) is 0 Å². The Bertz CT molecular complexity index is 272. The van der Waals surface area contributed by atoms with Crippen molar-refractivity contribution in [3.05, 3.63) is 35.9 Å². The standard InChI is InChI=1S/C11H15NO2/c12-11(13)7-9-14-8-6-10-4-2-1-3-5-10/h1-5H,6-9H2,(H2,12,13). The molecule has 0 heterocycles. The van der Waals surface area contributed by atoms with Crippen LogP contribution in [0.5, 0.6) is 0 Å². The summed E-state index contributed by atoms with van der Waals surface area (Å²) in [5.74, 6) is -0.315. The van der Waals surface area contributed by atoms with Gasteiger partial charge in [-0.1, -0.05) is 30.3 Å². The van der Waals surface area contributed by atoms with Crippen LogP contribution in [0.2, 0.25) is 0 Å². The Hall–Kier alpha value is -1.35. The fourth-order valence-corrected chi connectivity index (χ4v) is 1.11. The van der Waals surface area contributed by atoms with Crippen molar-refractivity contribution in [2.75, 3.05) is 13.2 Å². The van der Waals surface area contributed by atoms with E-state index in [1.54, 1.807) is 0 Å². The Morgan fingerprint density at radius 3 is 2.57 bits per heavy atom. The van der Waals surface area contributed by atoms with E-state index >= 15 is 0 Å². The lowest BCUT2D eigenvalue weighted by atomic mass is 10.2. The molecule has 1 rings (SSSR count). The van der Waals surface area contributed by atoms with E-state index in [0.29, 0.717) is 19.6 Å². The van der Waals surface area contributed by atoms with E-state index in [1.165, 1.54) is 5.56 Å². The summed E-state index contributed by atoms with van der Waals surface area (Å²) in [6.45, 7) is 1.06. The van der Waals surface area contributed by atoms with E-state index in [2.05, 4.69) is 12.1 Å². The van der Waals surface area contributed by atoms with Crippen LogP contribution in [0.15, 0.2) is 30.3 Å². The molecule has 1 amide bonds. The first kappa shape index (κ1) is 10.7. The number of nitrogens with two attached hydrogens (primary N) is 1. The van der Waals surface area contributed by atoms with Gasteiger partial charge in [-0.05, 0) is 12.0 Å². The van der Waals surface area contributed by atoms with Gasteiger partial charge in [0.15, 0.2) is 0 Å². The number of ether oxygens (including phenoxy) is 1. The van der Waals surface area contributed by atoms with E-state index in [9.17, 15) is 4.79 Å². The Kier molecular flexibility index (Phi) is 4.72. The number of hydrogen-bond donors (Lipinski definition) is 1. The van der Waals surface area contributed by atoms with Gasteiger partial charge in [-0.25, -0.2) is 0 Å². The average molecular weight is 193 g/mol. The second-order valence-electron chi connectivity index (χ2n) is 3.06. The molecule has 0 saturated heterocycles. The molecule has 3 heteroatoms. The van der Waals surface area contributed by atoms with E-state index in [-0.39, 0.29) is 5.91 Å². The minimum atomic E-state index is -0.315. The van der Waals surface area contributed by atoms with E-state index in [4.69, 9.17) is 10.5 Å². The molecule has 0 unspecified atom stereocenters. The lowest BCUT2D eigenvalue weighted by molar-refractivity contribution is -0.119. The molecule has 0 atom stereocenters. The van der Waals surface area contributed by atoms with E-state index in [1.807, 2.05) is 18.2 Å². The minimum Gasteiger partial charge on any atom is -0.381 e. The predicted octanol–water partition coefficient (Wildman–Crippen LogP) is 1.12. The number of carbonyl (C=O) groups is 1. The minimum absolute atomic E-state index is 0.300. The highest BCUT2D eigenvalue weighted by atomic mass is 16.5. The van der Waals surface area contributed by atoms with Crippen LogP contribution in [0.25, 0.3) is 0 Å². The van der Waals surface area contributed by atoms with Crippen LogP contribution < -0.4 is 5.73 Å². The highest BCUT2D eigenvalue weighted by molar-refractivity contribution is 5.73. The average Bonchev–Trinajstić information content (AvgIpc) is 2.18. The SMILES string of the molecule is NC(=O)CCOCCc1ccccc1. The number of rotatable bonds is 6. The summed E-state index contributed by atoms with van der Waals surface area (Å²) in [6, 6.07) is 10.1. The van der Waals surface area contributed by atoms with Crippen molar-refractivity contribution in [2.24, 2.45) is 5.73 Å². The second kappa shape index (κ2) is 6.16. The molecule has 0 radical (unpaired) electrons. The number of benzene rings is 1. The molecular weight excluding hydrogens is 178 g/mol. The molecule has 0 aromatic heterocycles. The van der Waals surface area contributed by atoms with Crippen molar-refractivity contribution >= 4 is 5.91 Å². The van der Waals surface area contributed by atoms with Gasteiger partial charge in [0.05, 0.1) is 13.2 Å². The van der Waals surface area contributed by atoms with Gasteiger partial charge in [-0.15, -0.1) is 0 Å². The van der Waals surface area contributed by atoms with Crippen LogP contribution in [0.4, 0.5) is 0 Å². The molecule has 0 saturated carbocycles. The fourth-order valence-electron chi connectivity index (χ4n) is 1.11. The van der Waals surface area contributed by atoms with Crippen molar-refractivity contribution in [2.45, 2.75) is 12.8 Å². The van der Waals surface area contributed by atoms with Crippen LogP contribution in [-0.2, 0) is 16.0 Å². The largest absolute Gasteiger partial charge is 0.381 e. The van der Waals surface area contributed by atoms with Crippen molar-refractivity contribution in [3.8, 4) is 0 Å². The molecule has 0 aliphatic carbocycles. The summed E-state index contributed by atoms with van der Waals surface area (Å²) in [4.78, 5) is 10.4. The lowest BCUT2D eigenvalue weighted by Crippen LogP contribution is -2.14. The zero-order valence-corrected chi connectivity index (χ0v) is 8.11. The quantitative estimate of drug-likeness (QED) is 0.688. The normalized spacial score (nSPS) is 10.0. The number of primary amides is 1. The second-order valence-corrected chi connectivity index (χ2v) is 3.06. The van der Waals surface area contributed by atoms with Crippen LogP contribution in [0.3, 0.4) is 0 Å². The molecule has 3 nitrogen and oxygen atoms in total. The Morgan fingerprint density at radius 2 is 1.93 bits per heavy atom. The summed E-state index contributed by atoms with van der Waals surface area (Å²) in [5.41, 5.74) is 6.21. The van der Waals surface area contributed by atoms with Crippen LogP contribution in [0, 0.1) is 0 Å². The van der Waals surface area contributed by atoms with Gasteiger partial charge in [-0.3, -0.25) is 4.79 Å². The molecule has 0 aliphatic rings. The smallest absolute Gasteiger partial charge is 0.219 e. The molecule has 14 heavy (non-hydrogen) atoms. The van der Waals surface area contributed by atoms with Crippen molar-refractivity contribution < 1.29 is 9.53 Å². The highest BCUT2D eigenvalue weighted by Crippen LogP contribution is 1.99. The third-order valence-corrected chi connectivity index (χ3v) is 1.87. The summed E-state index contributed by atoms with van der Waals surface area (Å²) < 4.78 is 5.25. The summed E-state index contributed by atoms with van der Waals surface area (Å²) in [6.07, 6.45) is 1.17. The van der Waals surface area contributed by atoms with Gasteiger partial charge >= 0.3 is 0 Å². The third-order valence-electron chi connectivity index (χ3n) is 1.87. The Labute approximate surface area is 83.9 Å². The molecular formula is C11H15NO2. The van der Waals surface area contributed by atoms with Crippen LogP contribution in [-0.4, -0.2) is 19.1 Å². The number of hydrogen-bond acceptors (Lipinski definition) is 2. The molecule has 0 spiro atoms. The molecule has 1 aromatic carbocycles.